The number of aliphatic hydroxyl groups is 1. The monoisotopic (exact) mass is 295 g/mol. The first-order valence-electron chi connectivity index (χ1n) is 6.77. The molecule has 1 saturated heterocycles. The highest BCUT2D eigenvalue weighted by molar-refractivity contribution is 7.91. The number of aliphatic hydroxyl groups excluding tert-OH is 1. The third-order valence-corrected chi connectivity index (χ3v) is 5.89. The molecule has 1 atom stereocenters. The highest BCUT2D eigenvalue weighted by Gasteiger charge is 2.34. The van der Waals surface area contributed by atoms with Crippen LogP contribution in [-0.2, 0) is 16.4 Å². The summed E-state index contributed by atoms with van der Waals surface area (Å²) in [7, 11) is -3.16. The van der Waals surface area contributed by atoms with Crippen LogP contribution in [0.1, 0.15) is 30.3 Å². The molecule has 6 nitrogen and oxygen atoms in total. The molecule has 1 aliphatic rings. The molecule has 1 fully saturated rings. The van der Waals surface area contributed by atoms with E-state index in [1.807, 2.05) is 6.07 Å². The molecule has 7 heteroatoms. The summed E-state index contributed by atoms with van der Waals surface area (Å²) in [6.07, 6.45) is 3.85. The molecule has 2 aromatic heterocycles. The van der Waals surface area contributed by atoms with Crippen molar-refractivity contribution in [3.63, 3.8) is 0 Å². The fraction of sp³-hybridized carbons (Fsp3) is 0.538. The summed E-state index contributed by atoms with van der Waals surface area (Å²) >= 11 is 0. The Balaban J connectivity index is 2.17. The van der Waals surface area contributed by atoms with Crippen molar-refractivity contribution in [2.75, 3.05) is 12.4 Å². The second-order valence-corrected chi connectivity index (χ2v) is 7.35. The fourth-order valence-corrected chi connectivity index (χ4v) is 4.70. The molecule has 1 aliphatic heterocycles. The Bertz CT molecular complexity index is 724. The summed E-state index contributed by atoms with van der Waals surface area (Å²) in [4.78, 5) is 8.72. The molecule has 20 heavy (non-hydrogen) atoms. The second-order valence-electron chi connectivity index (χ2n) is 5.04. The van der Waals surface area contributed by atoms with Gasteiger partial charge in [-0.3, -0.25) is 0 Å². The molecule has 3 rings (SSSR count). The fourth-order valence-electron chi connectivity index (χ4n) is 2.79. The summed E-state index contributed by atoms with van der Waals surface area (Å²) in [6, 6.07) is 3.59. The van der Waals surface area contributed by atoms with Crippen LogP contribution in [0.5, 0.6) is 0 Å². The first-order chi connectivity index (χ1) is 9.63. The van der Waals surface area contributed by atoms with E-state index in [1.165, 1.54) is 0 Å². The molecule has 0 bridgehead atoms. The average Bonchev–Trinajstić information content (AvgIpc) is 2.78. The number of pyridine rings is 1. The maximum absolute atomic E-state index is 12.3. The molecule has 0 aliphatic carbocycles. The van der Waals surface area contributed by atoms with E-state index >= 15 is 0 Å². The van der Waals surface area contributed by atoms with Crippen molar-refractivity contribution in [2.45, 2.75) is 31.1 Å². The van der Waals surface area contributed by atoms with Gasteiger partial charge in [-0.05, 0) is 25.0 Å². The lowest BCUT2D eigenvalue weighted by Crippen LogP contribution is -2.25. The molecule has 3 heterocycles. The van der Waals surface area contributed by atoms with Crippen molar-refractivity contribution >= 4 is 21.0 Å². The van der Waals surface area contributed by atoms with Crippen molar-refractivity contribution in [2.24, 2.45) is 0 Å². The third kappa shape index (κ3) is 2.20. The smallest absolute Gasteiger partial charge is 0.160 e. The van der Waals surface area contributed by atoms with E-state index in [-0.39, 0.29) is 12.4 Å². The molecule has 108 valence electrons. The Morgan fingerprint density at radius 2 is 2.25 bits per heavy atom. The van der Waals surface area contributed by atoms with E-state index in [9.17, 15) is 13.5 Å². The molecular formula is C13H17N3O3S. The largest absolute Gasteiger partial charge is 0.395 e. The van der Waals surface area contributed by atoms with Crippen LogP contribution < -0.4 is 0 Å². The van der Waals surface area contributed by atoms with E-state index in [1.54, 1.807) is 16.8 Å². The van der Waals surface area contributed by atoms with Gasteiger partial charge in [-0.1, -0.05) is 6.42 Å². The number of sulfone groups is 1. The summed E-state index contributed by atoms with van der Waals surface area (Å²) in [6.45, 7) is 0.247. The van der Waals surface area contributed by atoms with Gasteiger partial charge in [0.1, 0.15) is 16.6 Å². The van der Waals surface area contributed by atoms with Crippen molar-refractivity contribution in [3.8, 4) is 0 Å². The summed E-state index contributed by atoms with van der Waals surface area (Å²) in [5.41, 5.74) is 1.31. The Morgan fingerprint density at radius 3 is 3.00 bits per heavy atom. The van der Waals surface area contributed by atoms with Crippen molar-refractivity contribution in [1.82, 2.24) is 14.5 Å². The Morgan fingerprint density at radius 1 is 1.40 bits per heavy atom. The molecule has 0 spiro atoms. The van der Waals surface area contributed by atoms with Gasteiger partial charge in [-0.25, -0.2) is 18.4 Å². The van der Waals surface area contributed by atoms with Crippen LogP contribution in [0.3, 0.4) is 0 Å². The van der Waals surface area contributed by atoms with Crippen LogP contribution in [0.25, 0.3) is 11.2 Å². The first-order valence-corrected chi connectivity index (χ1v) is 8.48. The number of imidazole rings is 1. The predicted octanol–water partition coefficient (Wildman–Crippen LogP) is 1.06. The molecule has 1 unspecified atom stereocenters. The highest BCUT2D eigenvalue weighted by atomic mass is 32.2. The van der Waals surface area contributed by atoms with Gasteiger partial charge in [0.25, 0.3) is 0 Å². The van der Waals surface area contributed by atoms with Crippen LogP contribution in [0.15, 0.2) is 18.3 Å². The zero-order chi connectivity index (χ0) is 14.2. The zero-order valence-electron chi connectivity index (χ0n) is 11.1. The molecule has 2 aromatic rings. The van der Waals surface area contributed by atoms with E-state index in [0.717, 1.165) is 12.8 Å². The molecule has 0 saturated carbocycles. The van der Waals surface area contributed by atoms with Crippen molar-refractivity contribution in [3.05, 3.63) is 24.2 Å². The maximum atomic E-state index is 12.3. The van der Waals surface area contributed by atoms with Crippen molar-refractivity contribution in [1.29, 1.82) is 0 Å². The van der Waals surface area contributed by atoms with Crippen LogP contribution in [0, 0.1) is 0 Å². The number of rotatable bonds is 3. The van der Waals surface area contributed by atoms with Gasteiger partial charge in [-0.2, -0.15) is 0 Å². The number of fused-ring (bicyclic) bond motifs is 1. The number of aromatic nitrogens is 3. The second kappa shape index (κ2) is 5.14. The number of hydrogen-bond donors (Lipinski definition) is 1. The maximum Gasteiger partial charge on any atom is 0.160 e. The van der Waals surface area contributed by atoms with E-state index in [2.05, 4.69) is 9.97 Å². The van der Waals surface area contributed by atoms with Crippen LogP contribution in [0.4, 0.5) is 0 Å². The summed E-state index contributed by atoms with van der Waals surface area (Å²) in [5.74, 6) is 0.736. The van der Waals surface area contributed by atoms with E-state index < -0.39 is 15.1 Å². The topological polar surface area (TPSA) is 85.1 Å². The SMILES string of the molecule is O=S1(=O)CCCCC1c1nc2cccnc2n1CCO. The van der Waals surface area contributed by atoms with Gasteiger partial charge in [0.15, 0.2) is 15.5 Å². The Labute approximate surface area is 117 Å². The van der Waals surface area contributed by atoms with Gasteiger partial charge in [0.2, 0.25) is 0 Å². The lowest BCUT2D eigenvalue weighted by atomic mass is 10.2. The van der Waals surface area contributed by atoms with Gasteiger partial charge in [0.05, 0.1) is 12.4 Å². The summed E-state index contributed by atoms with van der Waals surface area (Å²) < 4.78 is 26.3. The molecule has 0 radical (unpaired) electrons. The average molecular weight is 295 g/mol. The molecule has 1 N–H and O–H groups in total. The minimum atomic E-state index is -3.16. The molecule has 0 aromatic carbocycles. The summed E-state index contributed by atoms with van der Waals surface area (Å²) in [5, 5.41) is 8.65. The third-order valence-electron chi connectivity index (χ3n) is 3.72. The van der Waals surface area contributed by atoms with Crippen molar-refractivity contribution < 1.29 is 13.5 Å². The van der Waals surface area contributed by atoms with Gasteiger partial charge in [-0.15, -0.1) is 0 Å². The minimum absolute atomic E-state index is 0.0677. The van der Waals surface area contributed by atoms with E-state index in [0.29, 0.717) is 30.0 Å². The Hall–Kier alpha value is -1.47. The number of hydrogen-bond acceptors (Lipinski definition) is 5. The standard InChI is InChI=1S/C13H17N3O3S/c17-8-7-16-12-10(4-3-6-14-12)15-13(16)11-5-1-2-9-20(11,18)19/h3-4,6,11,17H,1-2,5,7-9H2. The van der Waals surface area contributed by atoms with Gasteiger partial charge < -0.3 is 9.67 Å². The van der Waals surface area contributed by atoms with Crippen LogP contribution in [0.2, 0.25) is 0 Å². The highest BCUT2D eigenvalue weighted by Crippen LogP contribution is 2.34. The Kier molecular flexibility index (Phi) is 3.47. The van der Waals surface area contributed by atoms with E-state index in [4.69, 9.17) is 0 Å². The zero-order valence-corrected chi connectivity index (χ0v) is 11.9. The van der Waals surface area contributed by atoms with Gasteiger partial charge in [0, 0.05) is 12.7 Å². The lowest BCUT2D eigenvalue weighted by Gasteiger charge is -2.22. The normalized spacial score (nSPS) is 22.1. The van der Waals surface area contributed by atoms with Crippen LogP contribution in [-0.4, -0.2) is 40.4 Å². The lowest BCUT2D eigenvalue weighted by molar-refractivity contribution is 0.275. The predicted molar refractivity (Wildman–Crippen MR) is 75.0 cm³/mol. The first kappa shape index (κ1) is 13.5. The van der Waals surface area contributed by atoms with Gasteiger partial charge >= 0.3 is 0 Å². The number of nitrogens with zero attached hydrogens (tertiary/aromatic N) is 3. The molecular weight excluding hydrogens is 278 g/mol. The molecule has 0 amide bonds. The van der Waals surface area contributed by atoms with Crippen LogP contribution >= 0.6 is 0 Å². The minimum Gasteiger partial charge on any atom is -0.395 e. The quantitative estimate of drug-likeness (QED) is 0.915.